The molecule has 0 bridgehead atoms. The van der Waals surface area contributed by atoms with Gasteiger partial charge in [-0.15, -0.1) is 0 Å². The number of likely N-dealkylation sites (tertiary alicyclic amines) is 1. The second kappa shape index (κ2) is 8.51. The topological polar surface area (TPSA) is 93.9 Å². The first kappa shape index (κ1) is 18.7. The third-order valence-electron chi connectivity index (χ3n) is 5.22. The highest BCUT2D eigenvalue weighted by Crippen LogP contribution is 2.20. The van der Waals surface area contributed by atoms with Crippen LogP contribution in [0.25, 0.3) is 0 Å². The van der Waals surface area contributed by atoms with Crippen molar-refractivity contribution in [2.24, 2.45) is 11.7 Å². The Kier molecular flexibility index (Phi) is 6.11. The Morgan fingerprint density at radius 1 is 1.31 bits per heavy atom. The normalized spacial score (nSPS) is 22.3. The molecule has 142 valence electrons. The Hall–Kier alpha value is -2.12. The third-order valence-corrected chi connectivity index (χ3v) is 5.22. The molecule has 0 aliphatic carbocycles. The van der Waals surface area contributed by atoms with E-state index in [4.69, 9.17) is 15.2 Å². The maximum absolute atomic E-state index is 12.6. The number of amides is 2. The number of benzene rings is 1. The van der Waals surface area contributed by atoms with Crippen LogP contribution in [0.1, 0.15) is 24.8 Å². The van der Waals surface area contributed by atoms with Crippen LogP contribution in [0, 0.1) is 5.92 Å². The highest BCUT2D eigenvalue weighted by molar-refractivity contribution is 5.91. The molecule has 3 rings (SSSR count). The van der Waals surface area contributed by atoms with E-state index in [9.17, 15) is 9.59 Å². The van der Waals surface area contributed by atoms with Crippen LogP contribution in [0.3, 0.4) is 0 Å². The van der Waals surface area contributed by atoms with Gasteiger partial charge in [0.05, 0.1) is 13.2 Å². The molecule has 2 saturated heterocycles. The molecule has 3 N–H and O–H groups in total. The minimum absolute atomic E-state index is 0.0478. The van der Waals surface area contributed by atoms with E-state index in [1.807, 2.05) is 24.3 Å². The van der Waals surface area contributed by atoms with Gasteiger partial charge in [-0.2, -0.15) is 0 Å². The Morgan fingerprint density at radius 2 is 2.00 bits per heavy atom. The number of hydrogen-bond acceptors (Lipinski definition) is 5. The molecule has 0 spiro atoms. The van der Waals surface area contributed by atoms with Crippen molar-refractivity contribution in [2.75, 3.05) is 26.9 Å². The van der Waals surface area contributed by atoms with Gasteiger partial charge in [-0.05, 0) is 42.9 Å². The number of nitrogens with zero attached hydrogens (tertiary/aromatic N) is 1. The van der Waals surface area contributed by atoms with Crippen molar-refractivity contribution < 1.29 is 19.1 Å². The van der Waals surface area contributed by atoms with Gasteiger partial charge in [0.1, 0.15) is 11.8 Å². The van der Waals surface area contributed by atoms with E-state index in [-0.39, 0.29) is 17.7 Å². The summed E-state index contributed by atoms with van der Waals surface area (Å²) in [5, 5.41) is 2.84. The van der Waals surface area contributed by atoms with Gasteiger partial charge in [-0.25, -0.2) is 0 Å². The molecule has 1 aromatic rings. The summed E-state index contributed by atoms with van der Waals surface area (Å²) in [5.74, 6) is 0.624. The highest BCUT2D eigenvalue weighted by atomic mass is 16.5. The second-order valence-corrected chi connectivity index (χ2v) is 6.93. The molecular weight excluding hydrogens is 334 g/mol. The SMILES string of the molecule is COc1ccc(CN2CCC(NC(=O)C(N)C3CCOCC3)C2=O)cc1. The van der Waals surface area contributed by atoms with Crippen LogP contribution >= 0.6 is 0 Å². The van der Waals surface area contributed by atoms with Gasteiger partial charge in [0, 0.05) is 26.3 Å². The van der Waals surface area contributed by atoms with E-state index in [2.05, 4.69) is 5.32 Å². The molecule has 7 nitrogen and oxygen atoms in total. The highest BCUT2D eigenvalue weighted by Gasteiger charge is 2.35. The molecular formula is C19H27N3O4. The van der Waals surface area contributed by atoms with Crippen molar-refractivity contribution >= 4 is 11.8 Å². The van der Waals surface area contributed by atoms with Gasteiger partial charge in [0.15, 0.2) is 0 Å². The van der Waals surface area contributed by atoms with Crippen LogP contribution < -0.4 is 15.8 Å². The smallest absolute Gasteiger partial charge is 0.245 e. The lowest BCUT2D eigenvalue weighted by Crippen LogP contribution is -2.51. The molecule has 0 aromatic heterocycles. The Morgan fingerprint density at radius 3 is 2.65 bits per heavy atom. The van der Waals surface area contributed by atoms with E-state index < -0.39 is 12.1 Å². The fourth-order valence-electron chi connectivity index (χ4n) is 3.54. The second-order valence-electron chi connectivity index (χ2n) is 6.93. The predicted molar refractivity (Wildman–Crippen MR) is 96.5 cm³/mol. The van der Waals surface area contributed by atoms with Crippen LogP contribution in [0.4, 0.5) is 0 Å². The summed E-state index contributed by atoms with van der Waals surface area (Å²) < 4.78 is 10.5. The molecule has 2 unspecified atom stereocenters. The summed E-state index contributed by atoms with van der Waals surface area (Å²) in [6.07, 6.45) is 2.19. The minimum Gasteiger partial charge on any atom is -0.497 e. The lowest BCUT2D eigenvalue weighted by atomic mass is 9.91. The zero-order valence-electron chi connectivity index (χ0n) is 15.1. The summed E-state index contributed by atoms with van der Waals surface area (Å²) in [6.45, 7) is 2.44. The molecule has 2 heterocycles. The number of nitrogens with one attached hydrogen (secondary N) is 1. The fraction of sp³-hybridized carbons (Fsp3) is 0.579. The van der Waals surface area contributed by atoms with Gasteiger partial charge in [-0.3, -0.25) is 9.59 Å². The number of nitrogens with two attached hydrogens (primary N) is 1. The monoisotopic (exact) mass is 361 g/mol. The molecule has 0 saturated carbocycles. The average Bonchev–Trinajstić information content (AvgIpc) is 3.02. The van der Waals surface area contributed by atoms with Crippen molar-refractivity contribution in [3.05, 3.63) is 29.8 Å². The van der Waals surface area contributed by atoms with E-state index in [0.29, 0.717) is 32.7 Å². The Bertz CT molecular complexity index is 628. The summed E-state index contributed by atoms with van der Waals surface area (Å²) in [7, 11) is 1.62. The standard InChI is InChI=1S/C19H27N3O4/c1-25-15-4-2-13(3-5-15)12-22-9-6-16(19(22)24)21-18(23)17(20)14-7-10-26-11-8-14/h2-5,14,16-17H,6-12,20H2,1H3,(H,21,23). The molecule has 2 fully saturated rings. The zero-order chi connectivity index (χ0) is 18.5. The van der Waals surface area contributed by atoms with Gasteiger partial charge < -0.3 is 25.4 Å². The summed E-state index contributed by atoms with van der Waals surface area (Å²) in [4.78, 5) is 26.8. The van der Waals surface area contributed by atoms with Crippen LogP contribution in [0.2, 0.25) is 0 Å². The summed E-state index contributed by atoms with van der Waals surface area (Å²) in [5.41, 5.74) is 7.13. The molecule has 2 aliphatic heterocycles. The lowest BCUT2D eigenvalue weighted by Gasteiger charge is -2.27. The van der Waals surface area contributed by atoms with Crippen molar-refractivity contribution in [3.63, 3.8) is 0 Å². The first-order valence-corrected chi connectivity index (χ1v) is 9.14. The molecule has 2 aliphatic rings. The fourth-order valence-corrected chi connectivity index (χ4v) is 3.54. The Balaban J connectivity index is 1.52. The molecule has 2 amide bonds. The molecule has 0 radical (unpaired) electrons. The van der Waals surface area contributed by atoms with Crippen LogP contribution in [-0.2, 0) is 20.9 Å². The molecule has 26 heavy (non-hydrogen) atoms. The lowest BCUT2D eigenvalue weighted by molar-refractivity contribution is -0.134. The van der Waals surface area contributed by atoms with Gasteiger partial charge in [0.25, 0.3) is 0 Å². The summed E-state index contributed by atoms with van der Waals surface area (Å²) in [6, 6.07) is 6.58. The van der Waals surface area contributed by atoms with Crippen molar-refractivity contribution in [1.29, 1.82) is 0 Å². The van der Waals surface area contributed by atoms with E-state index >= 15 is 0 Å². The van der Waals surface area contributed by atoms with Crippen LogP contribution in [-0.4, -0.2) is 55.7 Å². The quantitative estimate of drug-likeness (QED) is 0.777. The average molecular weight is 361 g/mol. The molecule has 7 heteroatoms. The van der Waals surface area contributed by atoms with Gasteiger partial charge in [-0.1, -0.05) is 12.1 Å². The number of hydrogen-bond donors (Lipinski definition) is 2. The Labute approximate surface area is 153 Å². The van der Waals surface area contributed by atoms with Crippen molar-refractivity contribution in [1.82, 2.24) is 10.2 Å². The van der Waals surface area contributed by atoms with Crippen molar-refractivity contribution in [3.8, 4) is 5.75 Å². The number of ether oxygens (including phenoxy) is 2. The molecule has 1 aromatic carbocycles. The first-order valence-electron chi connectivity index (χ1n) is 9.14. The number of rotatable bonds is 6. The predicted octanol–water partition coefficient (Wildman–Crippen LogP) is 0.666. The van der Waals surface area contributed by atoms with Gasteiger partial charge in [0.2, 0.25) is 11.8 Å². The number of methoxy groups -OCH3 is 1. The first-order chi connectivity index (χ1) is 12.6. The minimum atomic E-state index is -0.581. The van der Waals surface area contributed by atoms with Crippen molar-refractivity contribution in [2.45, 2.75) is 37.9 Å². The van der Waals surface area contributed by atoms with Crippen LogP contribution in [0.15, 0.2) is 24.3 Å². The maximum Gasteiger partial charge on any atom is 0.245 e. The molecule has 2 atom stereocenters. The zero-order valence-corrected chi connectivity index (χ0v) is 15.1. The number of carbonyl (C=O) groups excluding carboxylic acids is 2. The summed E-state index contributed by atoms with van der Waals surface area (Å²) >= 11 is 0. The number of carbonyl (C=O) groups is 2. The van der Waals surface area contributed by atoms with Gasteiger partial charge >= 0.3 is 0 Å². The van der Waals surface area contributed by atoms with E-state index in [1.165, 1.54) is 0 Å². The maximum atomic E-state index is 12.6. The van der Waals surface area contributed by atoms with E-state index in [1.54, 1.807) is 12.0 Å². The van der Waals surface area contributed by atoms with E-state index in [0.717, 1.165) is 24.2 Å². The van der Waals surface area contributed by atoms with Crippen LogP contribution in [0.5, 0.6) is 5.75 Å². The largest absolute Gasteiger partial charge is 0.497 e. The third kappa shape index (κ3) is 4.34.